The molecule has 0 spiro atoms. The van der Waals surface area contributed by atoms with Crippen LogP contribution in [0.25, 0.3) is 0 Å². The second-order valence-corrected chi connectivity index (χ2v) is 7.73. The van der Waals surface area contributed by atoms with E-state index >= 15 is 0 Å². The minimum Gasteiger partial charge on any atom is -0.0840 e. The highest BCUT2D eigenvalue weighted by molar-refractivity contribution is 6.36. The number of hydrogen-bond acceptors (Lipinski definition) is 0. The maximum atomic E-state index is 6.26. The van der Waals surface area contributed by atoms with Crippen LogP contribution in [0.5, 0.6) is 0 Å². The van der Waals surface area contributed by atoms with Crippen molar-refractivity contribution in [3.63, 3.8) is 0 Å². The second kappa shape index (κ2) is 8.11. The van der Waals surface area contributed by atoms with E-state index in [2.05, 4.69) is 19.1 Å². The summed E-state index contributed by atoms with van der Waals surface area (Å²) in [7, 11) is 1.10. The third kappa shape index (κ3) is 4.96. The summed E-state index contributed by atoms with van der Waals surface area (Å²) >= 11 is 6.26. The van der Waals surface area contributed by atoms with Gasteiger partial charge in [0.15, 0.2) is 0 Å². The highest BCUT2D eigenvalue weighted by atomic mass is 35.5. The standard InChI is InChI=1S/C17H25ClSi/c1-14(16-9-5-6-10-17(16)18)13-19-12-11-15-7-3-2-4-8-15/h5-6,9-10,14-15H,2-4,7-8,11-13H2,1H3. The Morgan fingerprint density at radius 2 is 1.95 bits per heavy atom. The Morgan fingerprint density at radius 1 is 1.21 bits per heavy atom. The van der Waals surface area contributed by atoms with Crippen molar-refractivity contribution >= 4 is 21.1 Å². The number of hydrogen-bond donors (Lipinski definition) is 0. The van der Waals surface area contributed by atoms with Gasteiger partial charge in [-0.2, -0.15) is 0 Å². The van der Waals surface area contributed by atoms with Gasteiger partial charge in [0.05, 0.1) is 0 Å². The lowest BCUT2D eigenvalue weighted by molar-refractivity contribution is 0.349. The van der Waals surface area contributed by atoms with Crippen molar-refractivity contribution in [3.05, 3.63) is 34.9 Å². The van der Waals surface area contributed by atoms with E-state index in [1.807, 2.05) is 12.1 Å². The van der Waals surface area contributed by atoms with Gasteiger partial charge in [0.25, 0.3) is 0 Å². The molecule has 2 radical (unpaired) electrons. The second-order valence-electron chi connectivity index (χ2n) is 5.92. The molecule has 0 amide bonds. The third-order valence-electron chi connectivity index (χ3n) is 4.34. The third-order valence-corrected chi connectivity index (χ3v) is 6.23. The van der Waals surface area contributed by atoms with Gasteiger partial charge >= 0.3 is 0 Å². The zero-order chi connectivity index (χ0) is 13.5. The van der Waals surface area contributed by atoms with Gasteiger partial charge in [-0.15, -0.1) is 0 Å². The quantitative estimate of drug-likeness (QED) is 0.448. The highest BCUT2D eigenvalue weighted by Crippen LogP contribution is 2.29. The molecular weight excluding hydrogens is 268 g/mol. The van der Waals surface area contributed by atoms with Gasteiger partial charge in [-0.1, -0.05) is 87.3 Å². The molecule has 1 atom stereocenters. The van der Waals surface area contributed by atoms with E-state index in [1.54, 1.807) is 0 Å². The minimum atomic E-state index is 0.610. The van der Waals surface area contributed by atoms with E-state index in [0.717, 1.165) is 20.5 Å². The summed E-state index contributed by atoms with van der Waals surface area (Å²) in [4.78, 5) is 0. The Bertz CT molecular complexity index is 371. The fourth-order valence-corrected chi connectivity index (χ4v) is 4.88. The van der Waals surface area contributed by atoms with E-state index in [4.69, 9.17) is 11.6 Å². The lowest BCUT2D eigenvalue weighted by Crippen LogP contribution is -2.08. The Balaban J connectivity index is 1.66. The molecule has 0 aromatic heterocycles. The predicted molar refractivity (Wildman–Crippen MR) is 86.4 cm³/mol. The molecule has 1 aliphatic rings. The average Bonchev–Trinajstić information content (AvgIpc) is 2.45. The zero-order valence-electron chi connectivity index (χ0n) is 12.0. The molecule has 1 aromatic rings. The van der Waals surface area contributed by atoms with Crippen LogP contribution in [0, 0.1) is 5.92 Å². The first-order valence-corrected chi connectivity index (χ1v) is 9.51. The van der Waals surface area contributed by atoms with Crippen molar-refractivity contribution in [2.75, 3.05) is 0 Å². The van der Waals surface area contributed by atoms with Gasteiger partial charge < -0.3 is 0 Å². The fourth-order valence-electron chi connectivity index (χ4n) is 3.09. The molecule has 2 heteroatoms. The molecule has 1 fully saturated rings. The predicted octanol–water partition coefficient (Wildman–Crippen LogP) is 5.95. The SMILES string of the molecule is CC(C[Si]CCC1CCCCC1)c1ccccc1Cl. The van der Waals surface area contributed by atoms with Crippen LogP contribution in [-0.4, -0.2) is 9.52 Å². The van der Waals surface area contributed by atoms with Crippen LogP contribution in [0.1, 0.15) is 56.9 Å². The monoisotopic (exact) mass is 292 g/mol. The molecule has 1 aliphatic carbocycles. The van der Waals surface area contributed by atoms with Crippen molar-refractivity contribution < 1.29 is 0 Å². The summed E-state index contributed by atoms with van der Waals surface area (Å²) in [6.07, 6.45) is 8.87. The molecule has 0 heterocycles. The fraction of sp³-hybridized carbons (Fsp3) is 0.647. The van der Waals surface area contributed by atoms with Gasteiger partial charge in [-0.3, -0.25) is 0 Å². The first-order chi connectivity index (χ1) is 9.27. The molecule has 1 saturated carbocycles. The minimum absolute atomic E-state index is 0.610. The van der Waals surface area contributed by atoms with E-state index in [0.29, 0.717) is 5.92 Å². The summed E-state index contributed by atoms with van der Waals surface area (Å²) in [6, 6.07) is 11.0. The van der Waals surface area contributed by atoms with Crippen LogP contribution in [0.2, 0.25) is 17.1 Å². The van der Waals surface area contributed by atoms with Crippen LogP contribution in [-0.2, 0) is 0 Å². The highest BCUT2D eigenvalue weighted by Gasteiger charge is 2.14. The van der Waals surface area contributed by atoms with E-state index in [1.165, 1.54) is 56.2 Å². The first kappa shape index (κ1) is 15.1. The average molecular weight is 293 g/mol. The van der Waals surface area contributed by atoms with E-state index in [9.17, 15) is 0 Å². The van der Waals surface area contributed by atoms with Crippen molar-refractivity contribution in [1.29, 1.82) is 0 Å². The smallest absolute Gasteiger partial charge is 0.0440 e. The molecule has 1 aromatic carbocycles. The topological polar surface area (TPSA) is 0 Å². The normalized spacial score (nSPS) is 18.4. The van der Waals surface area contributed by atoms with Crippen molar-refractivity contribution in [1.82, 2.24) is 0 Å². The number of halogens is 1. The Hall–Kier alpha value is -0.273. The Morgan fingerprint density at radius 3 is 2.68 bits per heavy atom. The molecule has 0 bridgehead atoms. The summed E-state index contributed by atoms with van der Waals surface area (Å²) in [5, 5.41) is 0.937. The van der Waals surface area contributed by atoms with Crippen LogP contribution < -0.4 is 0 Å². The lowest BCUT2D eigenvalue weighted by Gasteiger charge is -2.21. The van der Waals surface area contributed by atoms with Crippen LogP contribution in [0.15, 0.2) is 24.3 Å². The summed E-state index contributed by atoms with van der Waals surface area (Å²) in [6.45, 7) is 2.31. The summed E-state index contributed by atoms with van der Waals surface area (Å²) < 4.78 is 0. The zero-order valence-corrected chi connectivity index (χ0v) is 13.8. The number of rotatable bonds is 6. The maximum Gasteiger partial charge on any atom is 0.0440 e. The summed E-state index contributed by atoms with van der Waals surface area (Å²) in [5.74, 6) is 1.65. The molecule has 0 N–H and O–H groups in total. The van der Waals surface area contributed by atoms with Crippen LogP contribution in [0.3, 0.4) is 0 Å². The number of benzene rings is 1. The first-order valence-electron chi connectivity index (χ1n) is 7.72. The van der Waals surface area contributed by atoms with Gasteiger partial charge in [0.2, 0.25) is 0 Å². The molecule has 104 valence electrons. The Kier molecular flexibility index (Phi) is 6.46. The Labute approximate surface area is 125 Å². The molecule has 0 saturated heterocycles. The lowest BCUT2D eigenvalue weighted by atomic mass is 9.88. The molecule has 0 nitrogen and oxygen atoms in total. The van der Waals surface area contributed by atoms with Gasteiger partial charge in [-0.25, -0.2) is 0 Å². The molecule has 1 unspecified atom stereocenters. The molecule has 2 rings (SSSR count). The van der Waals surface area contributed by atoms with Crippen molar-refractivity contribution in [2.45, 2.75) is 63.5 Å². The van der Waals surface area contributed by atoms with E-state index in [-0.39, 0.29) is 0 Å². The van der Waals surface area contributed by atoms with Gasteiger partial charge in [0.1, 0.15) is 0 Å². The molecule has 19 heavy (non-hydrogen) atoms. The van der Waals surface area contributed by atoms with Gasteiger partial charge in [-0.05, 0) is 23.5 Å². The van der Waals surface area contributed by atoms with Crippen LogP contribution in [0.4, 0.5) is 0 Å². The maximum absolute atomic E-state index is 6.26. The van der Waals surface area contributed by atoms with E-state index < -0.39 is 0 Å². The van der Waals surface area contributed by atoms with Crippen molar-refractivity contribution in [2.24, 2.45) is 5.92 Å². The van der Waals surface area contributed by atoms with Crippen LogP contribution >= 0.6 is 11.6 Å². The van der Waals surface area contributed by atoms with Crippen molar-refractivity contribution in [3.8, 4) is 0 Å². The molecule has 0 aliphatic heterocycles. The largest absolute Gasteiger partial charge is 0.0840 e. The molecular formula is C17H25ClSi. The van der Waals surface area contributed by atoms with Gasteiger partial charge in [0, 0.05) is 14.5 Å². The summed E-state index contributed by atoms with van der Waals surface area (Å²) in [5.41, 5.74) is 1.33.